The minimum absolute atomic E-state index is 0.488. The fourth-order valence-electron chi connectivity index (χ4n) is 1.83. The van der Waals surface area contributed by atoms with Gasteiger partial charge < -0.3 is 5.32 Å². The number of nitrogens with zero attached hydrogens (tertiary/aromatic N) is 2. The van der Waals surface area contributed by atoms with E-state index < -0.39 is 0 Å². The Labute approximate surface area is 72.8 Å². The zero-order valence-electron chi connectivity index (χ0n) is 7.40. The van der Waals surface area contributed by atoms with E-state index in [4.69, 9.17) is 0 Å². The number of nitrogens with one attached hydrogen (secondary N) is 1. The summed E-state index contributed by atoms with van der Waals surface area (Å²) in [6.07, 6.45) is 6.45. The van der Waals surface area contributed by atoms with Crippen LogP contribution >= 0.6 is 0 Å². The van der Waals surface area contributed by atoms with Crippen molar-refractivity contribution in [1.29, 1.82) is 0 Å². The van der Waals surface area contributed by atoms with E-state index in [1.165, 1.54) is 12.8 Å². The summed E-state index contributed by atoms with van der Waals surface area (Å²) in [5.41, 5.74) is 0. The molecular formula is C9H15N3. The van der Waals surface area contributed by atoms with Gasteiger partial charge in [0.1, 0.15) is 0 Å². The molecule has 3 nitrogen and oxygen atoms in total. The highest BCUT2D eigenvalue weighted by Crippen LogP contribution is 2.17. The van der Waals surface area contributed by atoms with Gasteiger partial charge in [0.2, 0.25) is 0 Å². The van der Waals surface area contributed by atoms with Crippen LogP contribution in [0.25, 0.3) is 0 Å². The molecule has 66 valence electrons. The largest absolute Gasteiger partial charge is 0.312 e. The maximum absolute atomic E-state index is 4.24. The van der Waals surface area contributed by atoms with Crippen LogP contribution in [0.1, 0.15) is 25.8 Å². The molecule has 1 aromatic heterocycles. The van der Waals surface area contributed by atoms with Crippen molar-refractivity contribution in [2.45, 2.75) is 31.8 Å². The first kappa shape index (κ1) is 7.80. The molecule has 1 aliphatic rings. The van der Waals surface area contributed by atoms with Crippen LogP contribution in [0.3, 0.4) is 0 Å². The SMILES string of the molecule is CC(C1CCCN1)n1cccn1. The summed E-state index contributed by atoms with van der Waals surface area (Å²) in [5, 5.41) is 7.72. The highest BCUT2D eigenvalue weighted by molar-refractivity contribution is 4.87. The second-order valence-corrected chi connectivity index (χ2v) is 3.43. The first-order valence-corrected chi connectivity index (χ1v) is 4.60. The van der Waals surface area contributed by atoms with Gasteiger partial charge in [-0.3, -0.25) is 4.68 Å². The molecule has 0 spiro atoms. The summed E-state index contributed by atoms with van der Waals surface area (Å²) in [7, 11) is 0. The van der Waals surface area contributed by atoms with Crippen LogP contribution in [0, 0.1) is 0 Å². The first-order valence-electron chi connectivity index (χ1n) is 4.60. The van der Waals surface area contributed by atoms with Crippen molar-refractivity contribution in [3.63, 3.8) is 0 Å². The Morgan fingerprint density at radius 3 is 3.17 bits per heavy atom. The molecule has 1 aliphatic heterocycles. The van der Waals surface area contributed by atoms with Crippen LogP contribution in [0.4, 0.5) is 0 Å². The van der Waals surface area contributed by atoms with Gasteiger partial charge in [-0.1, -0.05) is 0 Å². The lowest BCUT2D eigenvalue weighted by molar-refractivity contribution is 0.379. The molecular weight excluding hydrogens is 150 g/mol. The predicted molar refractivity (Wildman–Crippen MR) is 48.0 cm³/mol. The van der Waals surface area contributed by atoms with Crippen LogP contribution in [0.15, 0.2) is 18.5 Å². The molecule has 12 heavy (non-hydrogen) atoms. The summed E-state index contributed by atoms with van der Waals surface area (Å²) in [6.45, 7) is 3.38. The molecule has 0 aromatic carbocycles. The van der Waals surface area contributed by atoms with Gasteiger partial charge in [-0.15, -0.1) is 0 Å². The molecule has 2 unspecified atom stereocenters. The van der Waals surface area contributed by atoms with Crippen molar-refractivity contribution in [3.05, 3.63) is 18.5 Å². The van der Waals surface area contributed by atoms with Crippen LogP contribution in [0.5, 0.6) is 0 Å². The Hall–Kier alpha value is -0.830. The van der Waals surface area contributed by atoms with Crippen molar-refractivity contribution in [3.8, 4) is 0 Å². The van der Waals surface area contributed by atoms with Crippen LogP contribution < -0.4 is 5.32 Å². The molecule has 2 rings (SSSR count). The fourth-order valence-corrected chi connectivity index (χ4v) is 1.83. The average Bonchev–Trinajstić information content (AvgIpc) is 2.77. The van der Waals surface area contributed by atoms with Gasteiger partial charge in [0.15, 0.2) is 0 Å². The summed E-state index contributed by atoms with van der Waals surface area (Å²) in [5.74, 6) is 0. The van der Waals surface area contributed by atoms with E-state index in [0.29, 0.717) is 12.1 Å². The van der Waals surface area contributed by atoms with Crippen LogP contribution in [-0.4, -0.2) is 22.4 Å². The second-order valence-electron chi connectivity index (χ2n) is 3.43. The Bertz CT molecular complexity index is 224. The maximum atomic E-state index is 4.24. The zero-order chi connectivity index (χ0) is 8.39. The molecule has 1 aromatic rings. The van der Waals surface area contributed by atoms with E-state index in [1.807, 2.05) is 23.1 Å². The molecule has 0 bridgehead atoms. The molecule has 1 fully saturated rings. The Morgan fingerprint density at radius 1 is 1.67 bits per heavy atom. The van der Waals surface area contributed by atoms with E-state index in [9.17, 15) is 0 Å². The van der Waals surface area contributed by atoms with Gasteiger partial charge >= 0.3 is 0 Å². The number of hydrogen-bond acceptors (Lipinski definition) is 2. The van der Waals surface area contributed by atoms with Gasteiger partial charge in [0, 0.05) is 18.4 Å². The smallest absolute Gasteiger partial charge is 0.0643 e. The van der Waals surface area contributed by atoms with Crippen molar-refractivity contribution >= 4 is 0 Å². The topological polar surface area (TPSA) is 29.9 Å². The van der Waals surface area contributed by atoms with Crippen molar-refractivity contribution in [2.75, 3.05) is 6.54 Å². The molecule has 0 radical (unpaired) electrons. The highest BCUT2D eigenvalue weighted by Gasteiger charge is 2.21. The third kappa shape index (κ3) is 1.37. The first-order chi connectivity index (χ1) is 5.88. The summed E-state index contributed by atoms with van der Waals surface area (Å²) < 4.78 is 2.03. The molecule has 0 saturated carbocycles. The standard InChI is InChI=1S/C9H15N3/c1-8(9-4-2-5-10-9)12-7-3-6-11-12/h3,6-10H,2,4-5H2,1H3. The average molecular weight is 165 g/mol. The van der Waals surface area contributed by atoms with Crippen molar-refractivity contribution in [1.82, 2.24) is 15.1 Å². The van der Waals surface area contributed by atoms with Gasteiger partial charge in [-0.2, -0.15) is 5.10 Å². The molecule has 1 saturated heterocycles. The Morgan fingerprint density at radius 2 is 2.58 bits per heavy atom. The van der Waals surface area contributed by atoms with Crippen LogP contribution in [0.2, 0.25) is 0 Å². The van der Waals surface area contributed by atoms with Gasteiger partial charge in [-0.25, -0.2) is 0 Å². The quantitative estimate of drug-likeness (QED) is 0.713. The zero-order valence-corrected chi connectivity index (χ0v) is 7.40. The molecule has 2 atom stereocenters. The van der Waals surface area contributed by atoms with E-state index in [0.717, 1.165) is 6.54 Å². The Kier molecular flexibility index (Phi) is 2.13. The summed E-state index contributed by atoms with van der Waals surface area (Å²) in [6, 6.07) is 3.08. The lowest BCUT2D eigenvalue weighted by Gasteiger charge is -2.19. The summed E-state index contributed by atoms with van der Waals surface area (Å²) in [4.78, 5) is 0. The van der Waals surface area contributed by atoms with E-state index in [2.05, 4.69) is 17.3 Å². The monoisotopic (exact) mass is 165 g/mol. The second kappa shape index (κ2) is 3.27. The van der Waals surface area contributed by atoms with Gasteiger partial charge in [-0.05, 0) is 32.4 Å². The molecule has 0 aliphatic carbocycles. The molecule has 2 heterocycles. The lowest BCUT2D eigenvalue weighted by atomic mass is 10.1. The van der Waals surface area contributed by atoms with Gasteiger partial charge in [0.25, 0.3) is 0 Å². The number of hydrogen-bond donors (Lipinski definition) is 1. The van der Waals surface area contributed by atoms with E-state index >= 15 is 0 Å². The van der Waals surface area contributed by atoms with Crippen molar-refractivity contribution in [2.24, 2.45) is 0 Å². The molecule has 0 amide bonds. The third-order valence-electron chi connectivity index (χ3n) is 2.62. The molecule has 3 heteroatoms. The third-order valence-corrected chi connectivity index (χ3v) is 2.62. The van der Waals surface area contributed by atoms with Gasteiger partial charge in [0.05, 0.1) is 6.04 Å². The normalized spacial score (nSPS) is 25.9. The lowest BCUT2D eigenvalue weighted by Crippen LogP contribution is -2.30. The fraction of sp³-hybridized carbons (Fsp3) is 0.667. The maximum Gasteiger partial charge on any atom is 0.0643 e. The Balaban J connectivity index is 2.04. The van der Waals surface area contributed by atoms with Crippen LogP contribution in [-0.2, 0) is 0 Å². The molecule has 1 N–H and O–H groups in total. The van der Waals surface area contributed by atoms with E-state index in [1.54, 1.807) is 0 Å². The minimum atomic E-state index is 0.488. The summed E-state index contributed by atoms with van der Waals surface area (Å²) >= 11 is 0. The number of rotatable bonds is 2. The predicted octanol–water partition coefficient (Wildman–Crippen LogP) is 1.20. The number of aromatic nitrogens is 2. The van der Waals surface area contributed by atoms with Crippen molar-refractivity contribution < 1.29 is 0 Å². The van der Waals surface area contributed by atoms with E-state index in [-0.39, 0.29) is 0 Å². The minimum Gasteiger partial charge on any atom is -0.312 e. The highest BCUT2D eigenvalue weighted by atomic mass is 15.3.